The zero-order valence-corrected chi connectivity index (χ0v) is 11.1. The van der Waals surface area contributed by atoms with E-state index in [-0.39, 0.29) is 24.2 Å². The topological polar surface area (TPSA) is 67.6 Å². The molecule has 3 N–H and O–H groups in total. The van der Waals surface area contributed by atoms with Crippen molar-refractivity contribution in [3.63, 3.8) is 0 Å². The van der Waals surface area contributed by atoms with Gasteiger partial charge in [0.15, 0.2) is 0 Å². The van der Waals surface area contributed by atoms with Gasteiger partial charge in [-0.25, -0.2) is 0 Å². The molecule has 1 fully saturated rings. The summed E-state index contributed by atoms with van der Waals surface area (Å²) in [5, 5.41) is 2.99. The van der Waals surface area contributed by atoms with Gasteiger partial charge in [0, 0.05) is 12.6 Å². The zero-order valence-electron chi connectivity index (χ0n) is 11.1. The molecule has 1 aliphatic heterocycles. The summed E-state index contributed by atoms with van der Waals surface area (Å²) in [6.45, 7) is 3.50. The number of ether oxygens (including phenoxy) is 1. The third-order valence-electron chi connectivity index (χ3n) is 3.06. The Bertz CT molecular complexity index is 246. The van der Waals surface area contributed by atoms with Crippen molar-refractivity contribution in [1.82, 2.24) is 10.2 Å². The van der Waals surface area contributed by atoms with Crippen molar-refractivity contribution in [3.8, 4) is 0 Å². The van der Waals surface area contributed by atoms with E-state index in [4.69, 9.17) is 10.5 Å². The van der Waals surface area contributed by atoms with E-state index in [1.54, 1.807) is 0 Å². The predicted molar refractivity (Wildman–Crippen MR) is 67.7 cm³/mol. The van der Waals surface area contributed by atoms with Gasteiger partial charge in [0.1, 0.15) is 6.10 Å². The average molecular weight is 243 g/mol. The van der Waals surface area contributed by atoms with Gasteiger partial charge in [0.2, 0.25) is 5.91 Å². The first-order valence-corrected chi connectivity index (χ1v) is 6.33. The van der Waals surface area contributed by atoms with Gasteiger partial charge in [-0.2, -0.15) is 0 Å². The van der Waals surface area contributed by atoms with Crippen molar-refractivity contribution in [1.29, 1.82) is 0 Å². The Morgan fingerprint density at radius 2 is 2.24 bits per heavy atom. The van der Waals surface area contributed by atoms with Crippen LogP contribution in [0.2, 0.25) is 0 Å². The van der Waals surface area contributed by atoms with E-state index < -0.39 is 0 Å². The number of amides is 1. The molecule has 1 amide bonds. The van der Waals surface area contributed by atoms with Crippen molar-refractivity contribution >= 4 is 5.91 Å². The Morgan fingerprint density at radius 1 is 1.53 bits per heavy atom. The molecule has 17 heavy (non-hydrogen) atoms. The Kier molecular flexibility index (Phi) is 5.88. The minimum atomic E-state index is -0.301. The first-order chi connectivity index (χ1) is 8.02. The van der Waals surface area contributed by atoms with E-state index in [1.807, 2.05) is 21.0 Å². The number of hydrogen-bond donors (Lipinski definition) is 2. The molecule has 1 saturated heterocycles. The molecule has 0 aromatic heterocycles. The van der Waals surface area contributed by atoms with Gasteiger partial charge in [-0.15, -0.1) is 0 Å². The second-order valence-corrected chi connectivity index (χ2v) is 5.06. The van der Waals surface area contributed by atoms with Gasteiger partial charge in [-0.3, -0.25) is 4.79 Å². The van der Waals surface area contributed by atoms with Crippen LogP contribution >= 0.6 is 0 Å². The second kappa shape index (κ2) is 6.93. The molecule has 1 aliphatic rings. The summed E-state index contributed by atoms with van der Waals surface area (Å²) < 4.78 is 5.55. The number of hydrogen-bond acceptors (Lipinski definition) is 4. The van der Waals surface area contributed by atoms with Gasteiger partial charge in [0.05, 0.1) is 6.10 Å². The van der Waals surface area contributed by atoms with Crippen molar-refractivity contribution in [2.45, 2.75) is 44.4 Å². The summed E-state index contributed by atoms with van der Waals surface area (Å²) in [6.07, 6.45) is 2.38. The van der Waals surface area contributed by atoms with Gasteiger partial charge in [-0.05, 0) is 46.8 Å². The molecule has 0 saturated carbocycles. The average Bonchev–Trinajstić information content (AvgIpc) is 2.74. The molecular weight excluding hydrogens is 218 g/mol. The third-order valence-corrected chi connectivity index (χ3v) is 3.06. The zero-order chi connectivity index (χ0) is 12.8. The number of nitrogens with zero attached hydrogens (tertiary/aromatic N) is 1. The van der Waals surface area contributed by atoms with Crippen LogP contribution in [0.4, 0.5) is 0 Å². The highest BCUT2D eigenvalue weighted by molar-refractivity contribution is 5.81. The van der Waals surface area contributed by atoms with Crippen LogP contribution in [-0.2, 0) is 9.53 Å². The number of carbonyl (C=O) groups is 1. The van der Waals surface area contributed by atoms with E-state index in [1.165, 1.54) is 0 Å². The highest BCUT2D eigenvalue weighted by Crippen LogP contribution is 2.19. The minimum absolute atomic E-state index is 0.00667. The standard InChI is InChI=1S/C12H25N3O2/c1-9(6-7-15(2)3)14-12(16)11-5-4-10(8-13)17-11/h9-11H,4-8,13H2,1-3H3,(H,14,16). The highest BCUT2D eigenvalue weighted by Gasteiger charge is 2.30. The fraction of sp³-hybridized carbons (Fsp3) is 0.917. The lowest BCUT2D eigenvalue weighted by Crippen LogP contribution is -2.41. The van der Waals surface area contributed by atoms with Crippen LogP contribution in [0.5, 0.6) is 0 Å². The first kappa shape index (κ1) is 14.4. The van der Waals surface area contributed by atoms with Crippen LogP contribution in [0.25, 0.3) is 0 Å². The Balaban J connectivity index is 2.24. The molecule has 0 bridgehead atoms. The lowest BCUT2D eigenvalue weighted by molar-refractivity contribution is -0.132. The molecule has 3 atom stereocenters. The van der Waals surface area contributed by atoms with E-state index in [2.05, 4.69) is 10.2 Å². The number of rotatable bonds is 6. The SMILES string of the molecule is CC(CCN(C)C)NC(=O)C1CCC(CN)O1. The van der Waals surface area contributed by atoms with Crippen LogP contribution in [0.1, 0.15) is 26.2 Å². The number of carbonyl (C=O) groups excluding carboxylic acids is 1. The molecule has 5 nitrogen and oxygen atoms in total. The predicted octanol–water partition coefficient (Wildman–Crippen LogP) is -0.0509. The molecule has 1 heterocycles. The van der Waals surface area contributed by atoms with Gasteiger partial charge < -0.3 is 20.7 Å². The second-order valence-electron chi connectivity index (χ2n) is 5.06. The third kappa shape index (κ3) is 5.02. The van der Waals surface area contributed by atoms with Crippen LogP contribution in [0, 0.1) is 0 Å². The highest BCUT2D eigenvalue weighted by atomic mass is 16.5. The molecule has 3 unspecified atom stereocenters. The Hall–Kier alpha value is -0.650. The minimum Gasteiger partial charge on any atom is -0.364 e. The van der Waals surface area contributed by atoms with Crippen molar-refractivity contribution < 1.29 is 9.53 Å². The van der Waals surface area contributed by atoms with Crippen molar-refractivity contribution in [2.24, 2.45) is 5.73 Å². The number of nitrogens with two attached hydrogens (primary N) is 1. The number of nitrogens with one attached hydrogen (secondary N) is 1. The summed E-state index contributed by atoms with van der Waals surface area (Å²) in [5.74, 6) is 0.00667. The largest absolute Gasteiger partial charge is 0.364 e. The lowest BCUT2D eigenvalue weighted by atomic mass is 10.1. The van der Waals surface area contributed by atoms with E-state index in [0.717, 1.165) is 25.8 Å². The van der Waals surface area contributed by atoms with Crippen LogP contribution < -0.4 is 11.1 Å². The summed E-state index contributed by atoms with van der Waals surface area (Å²) in [4.78, 5) is 14.0. The quantitative estimate of drug-likeness (QED) is 0.686. The van der Waals surface area contributed by atoms with Crippen LogP contribution in [-0.4, -0.2) is 56.2 Å². The lowest BCUT2D eigenvalue weighted by Gasteiger charge is -2.19. The molecule has 0 aromatic carbocycles. The molecule has 1 rings (SSSR count). The van der Waals surface area contributed by atoms with Crippen molar-refractivity contribution in [2.75, 3.05) is 27.2 Å². The molecule has 0 aromatic rings. The molecule has 0 radical (unpaired) electrons. The van der Waals surface area contributed by atoms with Gasteiger partial charge >= 0.3 is 0 Å². The molecular formula is C12H25N3O2. The summed E-state index contributed by atoms with van der Waals surface area (Å²) in [6, 6.07) is 0.186. The summed E-state index contributed by atoms with van der Waals surface area (Å²) in [7, 11) is 4.06. The normalized spacial score (nSPS) is 26.2. The van der Waals surface area contributed by atoms with Gasteiger partial charge in [0.25, 0.3) is 0 Å². The molecule has 0 aliphatic carbocycles. The fourth-order valence-corrected chi connectivity index (χ4v) is 1.93. The van der Waals surface area contributed by atoms with Crippen LogP contribution in [0.15, 0.2) is 0 Å². The van der Waals surface area contributed by atoms with Crippen LogP contribution in [0.3, 0.4) is 0 Å². The van der Waals surface area contributed by atoms with E-state index in [9.17, 15) is 4.79 Å². The van der Waals surface area contributed by atoms with Gasteiger partial charge in [-0.1, -0.05) is 0 Å². The summed E-state index contributed by atoms with van der Waals surface area (Å²) >= 11 is 0. The smallest absolute Gasteiger partial charge is 0.249 e. The Labute approximate surface area is 104 Å². The molecule has 5 heteroatoms. The first-order valence-electron chi connectivity index (χ1n) is 6.33. The molecule has 0 spiro atoms. The van der Waals surface area contributed by atoms with E-state index in [0.29, 0.717) is 6.54 Å². The fourth-order valence-electron chi connectivity index (χ4n) is 1.93. The maximum Gasteiger partial charge on any atom is 0.249 e. The monoisotopic (exact) mass is 243 g/mol. The van der Waals surface area contributed by atoms with Crippen molar-refractivity contribution in [3.05, 3.63) is 0 Å². The molecule has 100 valence electrons. The maximum absolute atomic E-state index is 11.9. The Morgan fingerprint density at radius 3 is 2.76 bits per heavy atom. The maximum atomic E-state index is 11.9. The van der Waals surface area contributed by atoms with E-state index >= 15 is 0 Å². The summed E-state index contributed by atoms with van der Waals surface area (Å²) in [5.41, 5.74) is 5.52.